The second-order valence-corrected chi connectivity index (χ2v) is 4.29. The Balaban J connectivity index is 1.96. The van der Waals surface area contributed by atoms with Crippen molar-refractivity contribution in [1.29, 1.82) is 0 Å². The summed E-state index contributed by atoms with van der Waals surface area (Å²) in [6.07, 6.45) is 4.26. The summed E-state index contributed by atoms with van der Waals surface area (Å²) in [5.74, 6) is 0.459. The molecule has 1 aliphatic rings. The zero-order valence-corrected chi connectivity index (χ0v) is 9.44. The Morgan fingerprint density at radius 1 is 1.62 bits per heavy atom. The van der Waals surface area contributed by atoms with E-state index in [0.29, 0.717) is 11.5 Å². The molecule has 2 atom stereocenters. The van der Waals surface area contributed by atoms with Gasteiger partial charge in [-0.2, -0.15) is 0 Å². The smallest absolute Gasteiger partial charge is 0.253 e. The van der Waals surface area contributed by atoms with Crippen LogP contribution in [0.15, 0.2) is 24.5 Å². The first-order valence-electron chi connectivity index (χ1n) is 5.69. The van der Waals surface area contributed by atoms with Gasteiger partial charge in [0, 0.05) is 18.4 Å². The van der Waals surface area contributed by atoms with Crippen LogP contribution in [0.5, 0.6) is 0 Å². The van der Waals surface area contributed by atoms with E-state index in [2.05, 4.69) is 22.5 Å². The number of carbonyl (C=O) groups excluding carboxylic acids is 1. The van der Waals surface area contributed by atoms with Crippen LogP contribution in [0, 0.1) is 5.92 Å². The lowest BCUT2D eigenvalue weighted by molar-refractivity contribution is 0.0914. The minimum absolute atomic E-state index is 0.0214. The molecule has 4 heteroatoms. The number of nitrogens with zero attached hydrogens (tertiary/aromatic N) is 1. The van der Waals surface area contributed by atoms with E-state index in [1.807, 2.05) is 0 Å². The van der Waals surface area contributed by atoms with E-state index in [4.69, 9.17) is 0 Å². The highest BCUT2D eigenvalue weighted by Crippen LogP contribution is 2.11. The van der Waals surface area contributed by atoms with Crippen LogP contribution in [0.25, 0.3) is 0 Å². The predicted octanol–water partition coefficient (Wildman–Crippen LogP) is 0.809. The van der Waals surface area contributed by atoms with Crippen LogP contribution in [0.3, 0.4) is 0 Å². The largest absolute Gasteiger partial charge is 0.349 e. The van der Waals surface area contributed by atoms with Crippen molar-refractivity contribution in [2.45, 2.75) is 19.4 Å². The molecule has 2 heterocycles. The van der Waals surface area contributed by atoms with Crippen LogP contribution in [0.2, 0.25) is 0 Å². The minimum Gasteiger partial charge on any atom is -0.349 e. The van der Waals surface area contributed by atoms with Crippen molar-refractivity contribution in [1.82, 2.24) is 15.6 Å². The predicted molar refractivity (Wildman–Crippen MR) is 62.1 cm³/mol. The third kappa shape index (κ3) is 2.58. The molecule has 1 fully saturated rings. The molecule has 0 radical (unpaired) electrons. The maximum absolute atomic E-state index is 11.9. The Kier molecular flexibility index (Phi) is 3.51. The highest BCUT2D eigenvalue weighted by atomic mass is 16.1. The molecule has 2 unspecified atom stereocenters. The molecule has 16 heavy (non-hydrogen) atoms. The Labute approximate surface area is 95.5 Å². The first kappa shape index (κ1) is 11.1. The molecule has 1 aromatic rings. The summed E-state index contributed by atoms with van der Waals surface area (Å²) < 4.78 is 0. The lowest BCUT2D eigenvalue weighted by Crippen LogP contribution is -2.48. The van der Waals surface area contributed by atoms with Crippen molar-refractivity contribution in [3.8, 4) is 0 Å². The van der Waals surface area contributed by atoms with Crippen LogP contribution in [0.1, 0.15) is 23.7 Å². The van der Waals surface area contributed by atoms with Crippen LogP contribution < -0.4 is 10.6 Å². The number of hydrogen-bond donors (Lipinski definition) is 2. The first-order chi connectivity index (χ1) is 7.77. The topological polar surface area (TPSA) is 54.0 Å². The van der Waals surface area contributed by atoms with Crippen molar-refractivity contribution in [2.75, 3.05) is 13.1 Å². The lowest BCUT2D eigenvalue weighted by Gasteiger charge is -2.30. The van der Waals surface area contributed by atoms with Gasteiger partial charge in [0.25, 0.3) is 5.91 Å². The highest BCUT2D eigenvalue weighted by Gasteiger charge is 2.22. The van der Waals surface area contributed by atoms with Gasteiger partial charge in [0.2, 0.25) is 0 Å². The van der Waals surface area contributed by atoms with Crippen molar-refractivity contribution in [3.05, 3.63) is 30.1 Å². The quantitative estimate of drug-likeness (QED) is 0.774. The molecule has 1 aliphatic heterocycles. The fourth-order valence-corrected chi connectivity index (χ4v) is 1.98. The normalized spacial score (nSPS) is 25.1. The zero-order chi connectivity index (χ0) is 11.4. The number of piperidine rings is 1. The number of carbonyl (C=O) groups is 1. The molecule has 0 aliphatic carbocycles. The molecular formula is C12H17N3O. The molecule has 4 nitrogen and oxygen atoms in total. The first-order valence-corrected chi connectivity index (χ1v) is 5.69. The Morgan fingerprint density at radius 3 is 3.19 bits per heavy atom. The fourth-order valence-electron chi connectivity index (χ4n) is 1.98. The zero-order valence-electron chi connectivity index (χ0n) is 9.44. The molecule has 0 spiro atoms. The van der Waals surface area contributed by atoms with Gasteiger partial charge in [0.1, 0.15) is 0 Å². The van der Waals surface area contributed by atoms with Gasteiger partial charge in [-0.15, -0.1) is 0 Å². The van der Waals surface area contributed by atoms with E-state index in [9.17, 15) is 4.79 Å². The second-order valence-electron chi connectivity index (χ2n) is 4.29. The van der Waals surface area contributed by atoms with Crippen molar-refractivity contribution < 1.29 is 4.79 Å². The Bertz CT molecular complexity index is 353. The van der Waals surface area contributed by atoms with E-state index in [0.717, 1.165) is 19.5 Å². The average Bonchev–Trinajstić information content (AvgIpc) is 2.33. The third-order valence-corrected chi connectivity index (χ3v) is 3.03. The molecule has 0 saturated carbocycles. The molecule has 1 saturated heterocycles. The second kappa shape index (κ2) is 5.07. The van der Waals surface area contributed by atoms with Gasteiger partial charge in [0.05, 0.1) is 5.56 Å². The Morgan fingerprint density at radius 2 is 2.50 bits per heavy atom. The van der Waals surface area contributed by atoms with Crippen molar-refractivity contribution in [3.63, 3.8) is 0 Å². The third-order valence-electron chi connectivity index (χ3n) is 3.03. The summed E-state index contributed by atoms with van der Waals surface area (Å²) >= 11 is 0. The van der Waals surface area contributed by atoms with E-state index in [1.54, 1.807) is 24.5 Å². The Hall–Kier alpha value is -1.42. The number of amides is 1. The van der Waals surface area contributed by atoms with Gasteiger partial charge < -0.3 is 10.6 Å². The summed E-state index contributed by atoms with van der Waals surface area (Å²) in [6.45, 7) is 4.10. The molecular weight excluding hydrogens is 202 g/mol. The van der Waals surface area contributed by atoms with Gasteiger partial charge in [-0.1, -0.05) is 6.92 Å². The standard InChI is InChI=1S/C12H17N3O/c1-9-7-14-6-4-11(9)15-12(16)10-3-2-5-13-8-10/h2-3,5,8-9,11,14H,4,6-7H2,1H3,(H,15,16). The van der Waals surface area contributed by atoms with Gasteiger partial charge in [-0.05, 0) is 37.6 Å². The maximum Gasteiger partial charge on any atom is 0.253 e. The maximum atomic E-state index is 11.9. The fraction of sp³-hybridized carbons (Fsp3) is 0.500. The molecule has 2 N–H and O–H groups in total. The van der Waals surface area contributed by atoms with Crippen LogP contribution in [-0.2, 0) is 0 Å². The van der Waals surface area contributed by atoms with Crippen LogP contribution in [-0.4, -0.2) is 30.0 Å². The van der Waals surface area contributed by atoms with Crippen LogP contribution in [0.4, 0.5) is 0 Å². The monoisotopic (exact) mass is 219 g/mol. The van der Waals surface area contributed by atoms with E-state index < -0.39 is 0 Å². The summed E-state index contributed by atoms with van der Waals surface area (Å²) in [4.78, 5) is 15.8. The summed E-state index contributed by atoms with van der Waals surface area (Å²) in [5, 5.41) is 6.38. The average molecular weight is 219 g/mol. The van der Waals surface area contributed by atoms with Gasteiger partial charge in [-0.3, -0.25) is 9.78 Å². The summed E-state index contributed by atoms with van der Waals surface area (Å²) in [6, 6.07) is 3.84. The van der Waals surface area contributed by atoms with Gasteiger partial charge in [-0.25, -0.2) is 0 Å². The summed E-state index contributed by atoms with van der Waals surface area (Å²) in [7, 11) is 0. The molecule has 2 rings (SSSR count). The van der Waals surface area contributed by atoms with Gasteiger partial charge in [0.15, 0.2) is 0 Å². The summed E-state index contributed by atoms with van der Waals surface area (Å²) in [5.41, 5.74) is 0.633. The van der Waals surface area contributed by atoms with Gasteiger partial charge >= 0.3 is 0 Å². The molecule has 0 aromatic carbocycles. The SMILES string of the molecule is CC1CNCCC1NC(=O)c1cccnc1. The molecule has 86 valence electrons. The molecule has 0 bridgehead atoms. The number of pyridine rings is 1. The van der Waals surface area contributed by atoms with Crippen LogP contribution >= 0.6 is 0 Å². The van der Waals surface area contributed by atoms with E-state index in [1.165, 1.54) is 0 Å². The van der Waals surface area contributed by atoms with Crippen molar-refractivity contribution >= 4 is 5.91 Å². The highest BCUT2D eigenvalue weighted by molar-refractivity contribution is 5.94. The number of aromatic nitrogens is 1. The molecule has 1 amide bonds. The minimum atomic E-state index is -0.0214. The van der Waals surface area contributed by atoms with Crippen molar-refractivity contribution in [2.24, 2.45) is 5.92 Å². The van der Waals surface area contributed by atoms with E-state index in [-0.39, 0.29) is 11.9 Å². The number of nitrogens with one attached hydrogen (secondary N) is 2. The lowest BCUT2D eigenvalue weighted by atomic mass is 9.95. The van der Waals surface area contributed by atoms with E-state index >= 15 is 0 Å². The number of hydrogen-bond acceptors (Lipinski definition) is 3. The molecule has 1 aromatic heterocycles. The number of rotatable bonds is 2.